The number of aromatic nitrogens is 2. The summed E-state index contributed by atoms with van der Waals surface area (Å²) in [5, 5.41) is 8.90. The Morgan fingerprint density at radius 2 is 1.96 bits per heavy atom. The fourth-order valence-electron chi connectivity index (χ4n) is 3.58. The van der Waals surface area contributed by atoms with Gasteiger partial charge in [0.25, 0.3) is 0 Å². The quantitative estimate of drug-likeness (QED) is 0.646. The van der Waals surface area contributed by atoms with Crippen LogP contribution < -0.4 is 4.74 Å². The average molecular weight is 363 g/mol. The van der Waals surface area contributed by atoms with E-state index < -0.39 is 5.82 Å². The molecule has 0 aliphatic heterocycles. The van der Waals surface area contributed by atoms with E-state index >= 15 is 0 Å². The molecule has 0 fully saturated rings. The van der Waals surface area contributed by atoms with Gasteiger partial charge in [-0.05, 0) is 41.9 Å². The zero-order valence-electron chi connectivity index (χ0n) is 15.4. The highest BCUT2D eigenvalue weighted by Crippen LogP contribution is 2.54. The Morgan fingerprint density at radius 1 is 1.24 bits per heavy atom. The highest BCUT2D eigenvalue weighted by molar-refractivity contribution is 6.32. The van der Waals surface area contributed by atoms with Crippen molar-refractivity contribution in [3.05, 3.63) is 46.4 Å². The lowest BCUT2D eigenvalue weighted by molar-refractivity contribution is 0.138. The molecule has 0 unspecified atom stereocenters. The minimum atomic E-state index is -0.513. The van der Waals surface area contributed by atoms with Gasteiger partial charge in [0.1, 0.15) is 0 Å². The minimum Gasteiger partial charge on any atom is -0.433 e. The number of hydrogen-bond donors (Lipinski definition) is 0. The van der Waals surface area contributed by atoms with Crippen LogP contribution in [0.1, 0.15) is 64.6 Å². The molecular weight excluding hydrogens is 339 g/mol. The fourth-order valence-corrected chi connectivity index (χ4v) is 3.79. The summed E-state index contributed by atoms with van der Waals surface area (Å²) < 4.78 is 19.6. The summed E-state index contributed by atoms with van der Waals surface area (Å²) in [5.74, 6) is 0.133. The van der Waals surface area contributed by atoms with E-state index in [2.05, 4.69) is 44.8 Å². The summed E-state index contributed by atoms with van der Waals surface area (Å²) in [6, 6.07) is 6.34. The molecule has 0 saturated heterocycles. The number of rotatable bonds is 3. The molecule has 1 aromatic carbocycles. The van der Waals surface area contributed by atoms with E-state index in [4.69, 9.17) is 16.3 Å². The van der Waals surface area contributed by atoms with Gasteiger partial charge >= 0.3 is 0 Å². The third-order valence-corrected chi connectivity index (χ3v) is 6.20. The van der Waals surface area contributed by atoms with Crippen molar-refractivity contribution in [3.8, 4) is 11.6 Å². The van der Waals surface area contributed by atoms with E-state index in [1.54, 1.807) is 12.1 Å². The number of fused-ring (bicyclic) bond motifs is 1. The molecule has 0 radical (unpaired) electrons. The smallest absolute Gasteiger partial charge is 0.239 e. The van der Waals surface area contributed by atoms with Gasteiger partial charge in [0.05, 0.1) is 10.7 Å². The van der Waals surface area contributed by atoms with Crippen molar-refractivity contribution in [1.29, 1.82) is 0 Å². The van der Waals surface area contributed by atoms with Crippen LogP contribution in [0.25, 0.3) is 0 Å². The zero-order chi connectivity index (χ0) is 18.4. The maximum atomic E-state index is 14.0. The Balaban J connectivity index is 2.05. The normalized spacial score (nSPS) is 20.8. The molecule has 0 N–H and O–H groups in total. The number of ether oxygens (including phenoxy) is 1. The van der Waals surface area contributed by atoms with E-state index in [0.717, 1.165) is 24.1 Å². The van der Waals surface area contributed by atoms with Crippen LogP contribution in [-0.2, 0) is 5.41 Å². The van der Waals surface area contributed by atoms with E-state index in [1.807, 2.05) is 6.07 Å². The molecule has 25 heavy (non-hydrogen) atoms. The van der Waals surface area contributed by atoms with Crippen LogP contribution in [0.3, 0.4) is 0 Å². The van der Waals surface area contributed by atoms with Crippen LogP contribution in [0.5, 0.6) is 11.6 Å². The molecule has 5 heteroatoms. The molecule has 1 aliphatic rings. The van der Waals surface area contributed by atoms with Crippen molar-refractivity contribution in [1.82, 2.24) is 10.2 Å². The molecule has 1 atom stereocenters. The van der Waals surface area contributed by atoms with Gasteiger partial charge in [-0.2, -0.15) is 5.10 Å². The van der Waals surface area contributed by atoms with Crippen molar-refractivity contribution in [3.63, 3.8) is 0 Å². The van der Waals surface area contributed by atoms with Gasteiger partial charge in [-0.25, -0.2) is 4.39 Å². The molecule has 2 aromatic rings. The van der Waals surface area contributed by atoms with Crippen molar-refractivity contribution >= 4 is 11.6 Å². The lowest BCUT2D eigenvalue weighted by atomic mass is 9.56. The second kappa shape index (κ2) is 6.24. The number of benzene rings is 1. The molecule has 0 bridgehead atoms. The minimum absolute atomic E-state index is 0.0122. The summed E-state index contributed by atoms with van der Waals surface area (Å²) in [6.07, 6.45) is 2.08. The van der Waals surface area contributed by atoms with Crippen molar-refractivity contribution in [2.45, 2.75) is 58.8 Å². The van der Waals surface area contributed by atoms with E-state index in [-0.39, 0.29) is 27.5 Å². The second-order valence-corrected chi connectivity index (χ2v) is 8.36. The van der Waals surface area contributed by atoms with Gasteiger partial charge in [0.2, 0.25) is 5.88 Å². The zero-order valence-corrected chi connectivity index (χ0v) is 16.1. The number of nitrogens with zero attached hydrogens (tertiary/aromatic N) is 2. The van der Waals surface area contributed by atoms with Gasteiger partial charge in [-0.15, -0.1) is 5.10 Å². The standard InChI is InChI=1S/C20H24ClFN2O/c1-6-12-11-19(2,3)20(4,5)18-13(12)10-16(23-24-18)25-17-14(21)8-7-9-15(17)22/h7-10,12H,6,11H2,1-5H3/t12-/m1/s1. The first kappa shape index (κ1) is 18.1. The lowest BCUT2D eigenvalue weighted by Gasteiger charge is -2.48. The third-order valence-electron chi connectivity index (χ3n) is 5.90. The van der Waals surface area contributed by atoms with Crippen molar-refractivity contribution in [2.24, 2.45) is 5.41 Å². The first-order chi connectivity index (χ1) is 11.7. The molecule has 1 aromatic heterocycles. The summed E-state index contributed by atoms with van der Waals surface area (Å²) in [6.45, 7) is 11.2. The van der Waals surface area contributed by atoms with Crippen LogP contribution >= 0.6 is 11.6 Å². The number of para-hydroxylation sites is 1. The Morgan fingerprint density at radius 3 is 2.60 bits per heavy atom. The fraction of sp³-hybridized carbons (Fsp3) is 0.500. The van der Waals surface area contributed by atoms with Gasteiger partial charge in [0.15, 0.2) is 11.6 Å². The van der Waals surface area contributed by atoms with Crippen LogP contribution in [0.2, 0.25) is 5.02 Å². The highest BCUT2D eigenvalue weighted by Gasteiger charge is 2.47. The second-order valence-electron chi connectivity index (χ2n) is 7.96. The molecule has 1 heterocycles. The predicted octanol–water partition coefficient (Wildman–Crippen LogP) is 6.26. The first-order valence-corrected chi connectivity index (χ1v) is 9.05. The molecule has 3 nitrogen and oxygen atoms in total. The topological polar surface area (TPSA) is 35.0 Å². The Kier molecular flexibility index (Phi) is 4.52. The van der Waals surface area contributed by atoms with Crippen LogP contribution in [0, 0.1) is 11.2 Å². The molecule has 0 spiro atoms. The van der Waals surface area contributed by atoms with Gasteiger partial charge in [-0.3, -0.25) is 0 Å². The first-order valence-electron chi connectivity index (χ1n) is 8.67. The summed E-state index contributed by atoms with van der Waals surface area (Å²) >= 11 is 6.05. The third kappa shape index (κ3) is 3.01. The maximum absolute atomic E-state index is 14.0. The van der Waals surface area contributed by atoms with E-state index in [1.165, 1.54) is 6.07 Å². The molecule has 1 aliphatic carbocycles. The summed E-state index contributed by atoms with van der Waals surface area (Å²) in [5.41, 5.74) is 2.16. The Labute approximate surface area is 153 Å². The molecule has 0 saturated carbocycles. The molecule has 0 amide bonds. The van der Waals surface area contributed by atoms with E-state index in [0.29, 0.717) is 5.92 Å². The molecular formula is C20H24ClFN2O. The summed E-state index contributed by atoms with van der Waals surface area (Å²) in [4.78, 5) is 0. The van der Waals surface area contributed by atoms with Gasteiger partial charge in [0, 0.05) is 11.5 Å². The maximum Gasteiger partial charge on any atom is 0.239 e. The van der Waals surface area contributed by atoms with Gasteiger partial charge < -0.3 is 4.74 Å². The molecule has 3 rings (SSSR count). The Bertz CT molecular complexity index is 784. The lowest BCUT2D eigenvalue weighted by Crippen LogP contribution is -2.43. The highest BCUT2D eigenvalue weighted by atomic mass is 35.5. The van der Waals surface area contributed by atoms with E-state index in [9.17, 15) is 4.39 Å². The van der Waals surface area contributed by atoms with Crippen molar-refractivity contribution in [2.75, 3.05) is 0 Å². The number of hydrogen-bond acceptors (Lipinski definition) is 3. The monoisotopic (exact) mass is 362 g/mol. The summed E-state index contributed by atoms with van der Waals surface area (Å²) in [7, 11) is 0. The van der Waals surface area contributed by atoms with Gasteiger partial charge in [-0.1, -0.05) is 52.3 Å². The van der Waals surface area contributed by atoms with Crippen LogP contribution in [0.15, 0.2) is 24.3 Å². The predicted molar refractivity (Wildman–Crippen MR) is 98.0 cm³/mol. The Hall–Kier alpha value is -1.68. The number of halogens is 2. The average Bonchev–Trinajstić information content (AvgIpc) is 2.55. The SMILES string of the molecule is CC[C@@H]1CC(C)(C)C(C)(C)c2nnc(Oc3c(F)cccc3Cl)cc21. The van der Waals surface area contributed by atoms with Crippen LogP contribution in [0.4, 0.5) is 4.39 Å². The van der Waals surface area contributed by atoms with Crippen LogP contribution in [-0.4, -0.2) is 10.2 Å². The largest absolute Gasteiger partial charge is 0.433 e. The molecule has 134 valence electrons. The van der Waals surface area contributed by atoms with Crippen molar-refractivity contribution < 1.29 is 9.13 Å².